The first-order chi connectivity index (χ1) is 47.4. The fourth-order valence-electron chi connectivity index (χ4n) is 12.7. The van der Waals surface area contributed by atoms with Gasteiger partial charge in [-0.1, -0.05) is 40.5 Å². The number of amides is 2. The molecular formula is C70H102N12O18. The number of rotatable bonds is 48. The Kier molecular flexibility index (Phi) is 33.0. The van der Waals surface area contributed by atoms with Crippen LogP contribution in [-0.2, 0) is 60.8 Å². The molecule has 550 valence electrons. The van der Waals surface area contributed by atoms with Crippen molar-refractivity contribution in [3.05, 3.63) is 69.3 Å². The topological polar surface area (TPSA) is 416 Å². The van der Waals surface area contributed by atoms with Gasteiger partial charge in [-0.05, 0) is 148 Å². The van der Waals surface area contributed by atoms with E-state index in [2.05, 4.69) is 55.9 Å². The molecule has 0 aromatic carbocycles. The summed E-state index contributed by atoms with van der Waals surface area (Å²) in [6.45, 7) is 12.2. The third kappa shape index (κ3) is 26.0. The molecule has 0 aliphatic carbocycles. The number of H-pyrrole nitrogens is 2. The summed E-state index contributed by atoms with van der Waals surface area (Å²) in [5.41, 5.74) is 14.6. The van der Waals surface area contributed by atoms with Crippen molar-refractivity contribution in [3.8, 4) is 0 Å². The van der Waals surface area contributed by atoms with Gasteiger partial charge in [0.1, 0.15) is 0 Å². The highest BCUT2D eigenvalue weighted by molar-refractivity contribution is 5.95. The number of aliphatic carboxylic acids is 8. The van der Waals surface area contributed by atoms with E-state index in [1.54, 1.807) is 9.80 Å². The third-order valence-corrected chi connectivity index (χ3v) is 18.0. The van der Waals surface area contributed by atoms with E-state index in [1.807, 2.05) is 33.8 Å². The molecule has 0 unspecified atom stereocenters. The average Bonchev–Trinajstić information content (AvgIpc) is 1.62. The van der Waals surface area contributed by atoms with Gasteiger partial charge in [0.05, 0.1) is 88.2 Å². The lowest BCUT2D eigenvalue weighted by atomic mass is 9.99. The summed E-state index contributed by atoms with van der Waals surface area (Å²) in [7, 11) is 0. The van der Waals surface area contributed by atoms with E-state index in [9.17, 15) is 88.8 Å². The molecule has 10 N–H and O–H groups in total. The molecule has 30 nitrogen and oxygen atoms in total. The van der Waals surface area contributed by atoms with Crippen LogP contribution in [0.5, 0.6) is 0 Å². The summed E-state index contributed by atoms with van der Waals surface area (Å²) >= 11 is 0. The van der Waals surface area contributed by atoms with E-state index >= 15 is 0 Å². The Hall–Kier alpha value is -8.94. The van der Waals surface area contributed by atoms with E-state index in [0.29, 0.717) is 70.4 Å². The molecule has 2 aliphatic rings. The number of carboxylic acids is 8. The number of carbonyl (C=O) groups is 10. The van der Waals surface area contributed by atoms with E-state index < -0.39 is 100 Å². The van der Waals surface area contributed by atoms with E-state index in [4.69, 9.17) is 9.97 Å². The second-order valence-corrected chi connectivity index (χ2v) is 25.6. The largest absolute Gasteiger partial charge is 0.480 e. The van der Waals surface area contributed by atoms with Gasteiger partial charge in [0.15, 0.2) is 0 Å². The highest BCUT2D eigenvalue weighted by Gasteiger charge is 2.27. The van der Waals surface area contributed by atoms with Crippen LogP contribution in [0, 0.1) is 13.8 Å². The van der Waals surface area contributed by atoms with E-state index in [-0.39, 0.29) is 77.3 Å². The smallest absolute Gasteiger partial charge is 0.317 e. The number of aryl methyl sites for hydroxylation is 4. The van der Waals surface area contributed by atoms with Gasteiger partial charge in [-0.15, -0.1) is 0 Å². The zero-order valence-electron chi connectivity index (χ0n) is 59.1. The maximum Gasteiger partial charge on any atom is 0.317 e. The standard InChI is InChI=1S/C70H102N12O18/c1-9-13-19-81(61(83)35-77(39-65(89)90)27-23-75(37-63(85)86)25-29-79(41-67(93)94)42-68(95)96)21-15-17-51-47(7)54-31-53-45(5)49(11-3)57(71-53)32-55-46(6)50(12-4)58(72-55)33-56-48(8)52(60(74-56)34-59(51)73-54)18-16-22-82(20-14-10-2)62(84)36-78(40-66(91)92)28-24-76(38-64(87)88)26-30-80(43-69(97)98)44-70(99)100/h31-34,72-73H,9-30,35-44H2,1-8H3,(H,85,86)(H,87,88)(H,89,90)(H,91,92)(H,93,94)(H,95,96)(H,97,98)(H,99,100). The van der Waals surface area contributed by atoms with Crippen LogP contribution in [0.4, 0.5) is 0 Å². The highest BCUT2D eigenvalue weighted by Crippen LogP contribution is 2.37. The summed E-state index contributed by atoms with van der Waals surface area (Å²) in [6, 6.07) is 8.28. The zero-order valence-corrected chi connectivity index (χ0v) is 59.1. The van der Waals surface area contributed by atoms with Crippen LogP contribution in [-0.4, -0.2) is 304 Å². The summed E-state index contributed by atoms with van der Waals surface area (Å²) in [6.07, 6.45) is 6.20. The first kappa shape index (κ1) is 81.7. The number of unbranched alkanes of at least 4 members (excludes halogenated alkanes) is 2. The lowest BCUT2D eigenvalue weighted by molar-refractivity contribution is -0.144. The Labute approximate surface area is 582 Å². The molecule has 8 bridgehead atoms. The number of hydrogen-bond acceptors (Lipinski definition) is 18. The van der Waals surface area contributed by atoms with Gasteiger partial charge in [-0.25, -0.2) is 9.97 Å². The molecule has 5 rings (SSSR count). The number of carboxylic acid groups (broad SMARTS) is 8. The number of nitrogens with one attached hydrogen (secondary N) is 2. The molecule has 0 spiro atoms. The molecule has 0 saturated carbocycles. The van der Waals surface area contributed by atoms with E-state index in [0.717, 1.165) is 119 Å². The first-order valence-corrected chi connectivity index (χ1v) is 34.2. The third-order valence-electron chi connectivity index (χ3n) is 18.0. The van der Waals surface area contributed by atoms with Crippen molar-refractivity contribution >= 4 is 104 Å². The Morgan fingerprint density at radius 1 is 0.330 bits per heavy atom. The minimum Gasteiger partial charge on any atom is -0.480 e. The minimum absolute atomic E-state index is 0.0265. The molecule has 2 amide bonds. The van der Waals surface area contributed by atoms with Crippen molar-refractivity contribution in [2.24, 2.45) is 0 Å². The maximum absolute atomic E-state index is 14.4. The predicted molar refractivity (Wildman–Crippen MR) is 375 cm³/mol. The number of aromatic amines is 2. The van der Waals surface area contributed by atoms with Crippen molar-refractivity contribution < 1.29 is 88.8 Å². The lowest BCUT2D eigenvalue weighted by Gasteiger charge is -2.29. The molecular weight excluding hydrogens is 1300 g/mol. The number of aromatic nitrogens is 4. The van der Waals surface area contributed by atoms with Crippen molar-refractivity contribution in [2.75, 3.05) is 144 Å². The molecule has 100 heavy (non-hydrogen) atoms. The van der Waals surface area contributed by atoms with Crippen molar-refractivity contribution in [1.29, 1.82) is 0 Å². The maximum atomic E-state index is 14.4. The average molecular weight is 1400 g/mol. The van der Waals surface area contributed by atoms with Crippen LogP contribution >= 0.6 is 0 Å². The lowest BCUT2D eigenvalue weighted by Crippen LogP contribution is -2.47. The fourth-order valence-corrected chi connectivity index (χ4v) is 12.7. The second kappa shape index (κ2) is 40.3. The summed E-state index contributed by atoms with van der Waals surface area (Å²) in [4.78, 5) is 153. The van der Waals surface area contributed by atoms with Gasteiger partial charge in [-0.2, -0.15) is 0 Å². The normalized spacial score (nSPS) is 12.5. The number of hydrogen-bond donors (Lipinski definition) is 10. The van der Waals surface area contributed by atoms with Gasteiger partial charge in [-0.3, -0.25) is 77.3 Å². The number of nitrogens with zero attached hydrogens (tertiary/aromatic N) is 10. The monoisotopic (exact) mass is 1400 g/mol. The zero-order chi connectivity index (χ0) is 73.9. The van der Waals surface area contributed by atoms with Crippen molar-refractivity contribution in [2.45, 2.75) is 120 Å². The molecule has 0 radical (unpaired) electrons. The summed E-state index contributed by atoms with van der Waals surface area (Å²) < 4.78 is 0. The van der Waals surface area contributed by atoms with Crippen LogP contribution in [0.15, 0.2) is 24.3 Å². The number of allylic oxidation sites excluding steroid dienone is 4. The highest BCUT2D eigenvalue weighted by atomic mass is 16.4. The quantitative estimate of drug-likeness (QED) is 0.0346. The Morgan fingerprint density at radius 2 is 0.620 bits per heavy atom. The van der Waals surface area contributed by atoms with Gasteiger partial charge in [0.2, 0.25) is 11.8 Å². The summed E-state index contributed by atoms with van der Waals surface area (Å²) in [5.74, 6) is -10.6. The first-order valence-electron chi connectivity index (χ1n) is 34.2. The molecule has 2 aliphatic heterocycles. The molecule has 3 aromatic rings. The Bertz CT molecular complexity index is 3620. The Balaban J connectivity index is 1.52. The van der Waals surface area contributed by atoms with Crippen LogP contribution in [0.25, 0.3) is 44.4 Å². The van der Waals surface area contributed by atoms with Crippen LogP contribution in [0.1, 0.15) is 138 Å². The second-order valence-electron chi connectivity index (χ2n) is 25.6. The van der Waals surface area contributed by atoms with Gasteiger partial charge in [0, 0.05) is 101 Å². The molecule has 0 atom stereocenters. The van der Waals surface area contributed by atoms with Crippen molar-refractivity contribution in [1.82, 2.24) is 59.1 Å². The molecule has 0 saturated heterocycles. The van der Waals surface area contributed by atoms with Gasteiger partial charge in [0.25, 0.3) is 0 Å². The Morgan fingerprint density at radius 3 is 0.990 bits per heavy atom. The van der Waals surface area contributed by atoms with Crippen LogP contribution < -0.4 is 0 Å². The van der Waals surface area contributed by atoms with Crippen LogP contribution in [0.2, 0.25) is 0 Å². The molecule has 30 heteroatoms. The minimum atomic E-state index is -1.27. The molecule has 3 aromatic heterocycles. The van der Waals surface area contributed by atoms with Crippen LogP contribution in [0.3, 0.4) is 0 Å². The molecule has 0 fully saturated rings. The van der Waals surface area contributed by atoms with Gasteiger partial charge >= 0.3 is 47.8 Å². The number of carbonyl (C=O) groups excluding carboxylic acids is 2. The van der Waals surface area contributed by atoms with Gasteiger partial charge < -0.3 is 60.6 Å². The fraction of sp³-hybridized carbons (Fsp3) is 0.571. The molecule has 5 heterocycles. The number of fused-ring (bicyclic) bond motifs is 8. The SMILES string of the molecule is CCCCN(CCCC1=C(C)c2cc3[nH]c(cc4nc(cc5[nH]c(cc1n2)c(CCCN(CCCC)C(=O)CN(CCN(CCN(CC(=O)O)CC(=O)O)CC(=O)O)CC(=O)O)c5C)C(C)=C4CC)c(C)c3CC)C(=O)CN(CCN(CCN(CC(=O)O)CC(=O)O)CC(=O)O)CC(=O)O. The van der Waals surface area contributed by atoms with E-state index in [1.165, 1.54) is 19.6 Å². The predicted octanol–water partition coefficient (Wildman–Crippen LogP) is 5.22. The summed E-state index contributed by atoms with van der Waals surface area (Å²) in [5, 5.41) is 76.9. The van der Waals surface area contributed by atoms with Crippen molar-refractivity contribution in [3.63, 3.8) is 0 Å².